The molecule has 0 heterocycles. The Hall–Kier alpha value is -2.81. The second-order valence-corrected chi connectivity index (χ2v) is 11.2. The number of aliphatic carboxylic acids is 1. The summed E-state index contributed by atoms with van der Waals surface area (Å²) in [4.78, 5) is 34.4. The Morgan fingerprint density at radius 2 is 1.45 bits per heavy atom. The summed E-state index contributed by atoms with van der Waals surface area (Å²) in [5.41, 5.74) is 0.111. The minimum absolute atomic E-state index is 0.00495. The highest BCUT2D eigenvalue weighted by Crippen LogP contribution is 2.22. The predicted molar refractivity (Wildman–Crippen MR) is 147 cm³/mol. The molecule has 0 aliphatic heterocycles. The van der Waals surface area contributed by atoms with Crippen LogP contribution in [0.3, 0.4) is 0 Å². The quantitative estimate of drug-likeness (QED) is 0.329. The molecule has 1 atom stereocenters. The Kier molecular flexibility index (Phi) is 14.0. The van der Waals surface area contributed by atoms with E-state index in [0.29, 0.717) is 0 Å². The predicted octanol–water partition coefficient (Wildman–Crippen LogP) is 5.52. The molecule has 2 saturated carbocycles. The molecule has 2 aliphatic carbocycles. The maximum atomic E-state index is 11.6. The first-order valence-electron chi connectivity index (χ1n) is 14.1. The third-order valence-electron chi connectivity index (χ3n) is 6.59. The number of carboxylic acids is 1. The number of rotatable bonds is 9. The first-order chi connectivity index (χ1) is 18.1. The van der Waals surface area contributed by atoms with Crippen molar-refractivity contribution in [2.75, 3.05) is 6.54 Å². The fourth-order valence-electron chi connectivity index (χ4n) is 4.67. The van der Waals surface area contributed by atoms with Crippen LogP contribution < -0.4 is 16.0 Å². The zero-order valence-corrected chi connectivity index (χ0v) is 23.3. The number of hydrogen-bond acceptors (Lipinski definition) is 6. The summed E-state index contributed by atoms with van der Waals surface area (Å²) in [5.74, 6) is -1.22. The van der Waals surface area contributed by atoms with Gasteiger partial charge in [0.25, 0.3) is 0 Å². The molecule has 2 aliphatic rings. The molecule has 9 heteroatoms. The molecule has 9 nitrogen and oxygen atoms in total. The van der Waals surface area contributed by atoms with Crippen molar-refractivity contribution < 1.29 is 29.0 Å². The second-order valence-electron chi connectivity index (χ2n) is 11.2. The maximum absolute atomic E-state index is 11.6. The molecule has 1 aromatic rings. The minimum Gasteiger partial charge on any atom is -0.480 e. The minimum atomic E-state index is -1.22. The first-order valence-corrected chi connectivity index (χ1v) is 14.1. The van der Waals surface area contributed by atoms with Crippen LogP contribution in [-0.2, 0) is 20.9 Å². The van der Waals surface area contributed by atoms with E-state index in [1.165, 1.54) is 64.2 Å². The lowest BCUT2D eigenvalue weighted by Gasteiger charge is -2.30. The molecule has 0 radical (unpaired) electrons. The summed E-state index contributed by atoms with van der Waals surface area (Å²) < 4.78 is 10.0. The van der Waals surface area contributed by atoms with Crippen LogP contribution >= 0.6 is 0 Å². The molecule has 1 aromatic carbocycles. The number of alkyl carbamates (subject to hydrolysis) is 2. The monoisotopic (exact) mass is 533 g/mol. The molecule has 2 amide bonds. The molecule has 0 saturated heterocycles. The highest BCUT2D eigenvalue weighted by molar-refractivity contribution is 5.80. The molecule has 0 bridgehead atoms. The van der Waals surface area contributed by atoms with Gasteiger partial charge in [-0.05, 0) is 58.4 Å². The van der Waals surface area contributed by atoms with E-state index >= 15 is 0 Å². The van der Waals surface area contributed by atoms with Gasteiger partial charge >= 0.3 is 18.2 Å². The molecular formula is C29H47N3O6. The summed E-state index contributed by atoms with van der Waals surface area (Å²) in [6.45, 7) is 5.16. The average molecular weight is 534 g/mol. The van der Waals surface area contributed by atoms with Gasteiger partial charge in [-0.2, -0.15) is 0 Å². The van der Waals surface area contributed by atoms with Crippen LogP contribution in [0.4, 0.5) is 9.59 Å². The number of benzene rings is 1. The molecule has 38 heavy (non-hydrogen) atoms. The van der Waals surface area contributed by atoms with Gasteiger partial charge in [-0.25, -0.2) is 14.4 Å². The van der Waals surface area contributed by atoms with E-state index in [1.54, 1.807) is 20.8 Å². The van der Waals surface area contributed by atoms with Crippen molar-refractivity contribution in [3.8, 4) is 0 Å². The van der Waals surface area contributed by atoms with Crippen molar-refractivity contribution in [3.63, 3.8) is 0 Å². The van der Waals surface area contributed by atoms with Crippen LogP contribution in [0.25, 0.3) is 0 Å². The molecular weight excluding hydrogens is 486 g/mol. The van der Waals surface area contributed by atoms with Gasteiger partial charge in [-0.15, -0.1) is 0 Å². The van der Waals surface area contributed by atoms with Gasteiger partial charge in [-0.1, -0.05) is 68.9 Å². The van der Waals surface area contributed by atoms with Crippen LogP contribution in [0.5, 0.6) is 0 Å². The molecule has 0 unspecified atom stereocenters. The van der Waals surface area contributed by atoms with Gasteiger partial charge in [0.15, 0.2) is 0 Å². The van der Waals surface area contributed by atoms with E-state index in [9.17, 15) is 14.4 Å². The zero-order chi connectivity index (χ0) is 27.8. The Bertz CT molecular complexity index is 814. The number of hydrogen-bond donors (Lipinski definition) is 4. The van der Waals surface area contributed by atoms with Crippen LogP contribution in [-0.4, -0.2) is 53.5 Å². The summed E-state index contributed by atoms with van der Waals surface area (Å²) >= 11 is 0. The van der Waals surface area contributed by atoms with E-state index in [4.69, 9.17) is 14.6 Å². The van der Waals surface area contributed by atoms with E-state index in [-0.39, 0.29) is 19.6 Å². The normalized spacial score (nSPS) is 17.3. The van der Waals surface area contributed by atoms with E-state index < -0.39 is 29.8 Å². The fraction of sp³-hybridized carbons (Fsp3) is 0.690. The fourth-order valence-corrected chi connectivity index (χ4v) is 4.67. The number of carboxylic acid groups (broad SMARTS) is 1. The topological polar surface area (TPSA) is 126 Å². The average Bonchev–Trinajstić information content (AvgIpc) is 2.88. The molecule has 214 valence electrons. The lowest BCUT2D eigenvalue weighted by Crippen LogP contribution is -2.45. The van der Waals surface area contributed by atoms with Gasteiger partial charge in [0.1, 0.15) is 18.2 Å². The van der Waals surface area contributed by atoms with Crippen molar-refractivity contribution in [2.45, 2.75) is 122 Å². The highest BCUT2D eigenvalue weighted by atomic mass is 16.6. The number of nitrogens with one attached hydrogen (secondary N) is 3. The second kappa shape index (κ2) is 16.9. The SMILES string of the molecule is C1CCC(NC2CCCCC2)CC1.CC(C)(C)OC(=O)N[C@H](CCNC(=O)OCc1ccccc1)C(=O)O. The van der Waals surface area contributed by atoms with Crippen LogP contribution in [0.15, 0.2) is 30.3 Å². The number of ether oxygens (including phenoxy) is 2. The molecule has 0 spiro atoms. The highest BCUT2D eigenvalue weighted by Gasteiger charge is 2.24. The Morgan fingerprint density at radius 3 is 1.95 bits per heavy atom. The molecule has 4 N–H and O–H groups in total. The van der Waals surface area contributed by atoms with Gasteiger partial charge in [0.2, 0.25) is 0 Å². The lowest BCUT2D eigenvalue weighted by molar-refractivity contribution is -0.139. The third kappa shape index (κ3) is 14.2. The Morgan fingerprint density at radius 1 is 0.895 bits per heavy atom. The largest absolute Gasteiger partial charge is 0.480 e. The van der Waals surface area contributed by atoms with Crippen LogP contribution in [0.1, 0.15) is 97.0 Å². The summed E-state index contributed by atoms with van der Waals surface area (Å²) in [5, 5.41) is 17.7. The van der Waals surface area contributed by atoms with Crippen molar-refractivity contribution >= 4 is 18.2 Å². The molecule has 0 aromatic heterocycles. The Labute approximate surface area is 227 Å². The van der Waals surface area contributed by atoms with Crippen molar-refractivity contribution in [1.29, 1.82) is 0 Å². The van der Waals surface area contributed by atoms with Gasteiger partial charge < -0.3 is 30.5 Å². The number of carbonyl (C=O) groups excluding carboxylic acids is 2. The van der Waals surface area contributed by atoms with Gasteiger partial charge in [-0.3, -0.25) is 0 Å². The standard InChI is InChI=1S/C17H24N2O6.C12H23N/c1-17(2,3)25-16(23)19-13(14(20)21)9-10-18-15(22)24-11-12-7-5-4-6-8-12;1-3-7-11(8-4-1)13-12-9-5-2-6-10-12/h4-8,13H,9-11H2,1-3H3,(H,18,22)(H,19,23)(H,20,21);11-13H,1-10H2/t13-;/m1./s1. The Balaban J connectivity index is 0.000000323. The van der Waals surface area contributed by atoms with Crippen molar-refractivity contribution in [1.82, 2.24) is 16.0 Å². The molecule has 3 rings (SSSR count). The number of carbonyl (C=O) groups is 3. The zero-order valence-electron chi connectivity index (χ0n) is 23.3. The summed E-state index contributed by atoms with van der Waals surface area (Å²) in [6, 6.07) is 9.72. The van der Waals surface area contributed by atoms with Crippen LogP contribution in [0, 0.1) is 0 Å². The van der Waals surface area contributed by atoms with E-state index in [0.717, 1.165) is 17.6 Å². The van der Waals surface area contributed by atoms with Crippen LogP contribution in [0.2, 0.25) is 0 Å². The van der Waals surface area contributed by atoms with Crippen molar-refractivity contribution in [2.24, 2.45) is 0 Å². The first kappa shape index (κ1) is 31.4. The summed E-state index contributed by atoms with van der Waals surface area (Å²) in [6.07, 6.45) is 13.1. The third-order valence-corrected chi connectivity index (χ3v) is 6.59. The lowest BCUT2D eigenvalue weighted by atomic mass is 9.91. The summed E-state index contributed by atoms with van der Waals surface area (Å²) in [7, 11) is 0. The van der Waals surface area contributed by atoms with E-state index in [2.05, 4.69) is 16.0 Å². The smallest absolute Gasteiger partial charge is 0.408 e. The van der Waals surface area contributed by atoms with Gasteiger partial charge in [0, 0.05) is 18.6 Å². The number of amides is 2. The van der Waals surface area contributed by atoms with E-state index in [1.807, 2.05) is 30.3 Å². The van der Waals surface area contributed by atoms with Gasteiger partial charge in [0.05, 0.1) is 0 Å². The maximum Gasteiger partial charge on any atom is 0.408 e. The van der Waals surface area contributed by atoms with Crippen molar-refractivity contribution in [3.05, 3.63) is 35.9 Å². The molecule has 2 fully saturated rings.